The number of nitrogens with zero attached hydrogens (tertiary/aromatic N) is 4. The minimum absolute atomic E-state index is 0.0130. The summed E-state index contributed by atoms with van der Waals surface area (Å²) in [6.07, 6.45) is 6.13. The van der Waals surface area contributed by atoms with Crippen LogP contribution in [0.1, 0.15) is 50.2 Å². The monoisotopic (exact) mass is 382 g/mol. The van der Waals surface area contributed by atoms with Crippen LogP contribution in [-0.4, -0.2) is 26.6 Å². The Kier molecular flexibility index (Phi) is 4.93. The van der Waals surface area contributed by atoms with Gasteiger partial charge >= 0.3 is 0 Å². The van der Waals surface area contributed by atoms with E-state index >= 15 is 0 Å². The van der Waals surface area contributed by atoms with E-state index in [1.807, 2.05) is 0 Å². The fourth-order valence-electron chi connectivity index (χ4n) is 4.03. The number of aliphatic hydroxyl groups is 1. The van der Waals surface area contributed by atoms with Gasteiger partial charge in [0.2, 0.25) is 5.91 Å². The minimum atomic E-state index is -0.214. The highest BCUT2D eigenvalue weighted by Gasteiger charge is 2.38. The summed E-state index contributed by atoms with van der Waals surface area (Å²) in [5, 5.41) is 22.8. The van der Waals surface area contributed by atoms with Gasteiger partial charge in [-0.2, -0.15) is 4.68 Å². The fraction of sp³-hybridized carbons (Fsp3) is 0.450. The van der Waals surface area contributed by atoms with E-state index in [0.29, 0.717) is 17.9 Å². The average Bonchev–Trinajstić information content (AvgIpc) is 3.37. The number of fused-ring (bicyclic) bond motifs is 1. The topological polar surface area (TPSA) is 110 Å². The van der Waals surface area contributed by atoms with Crippen molar-refractivity contribution >= 4 is 17.5 Å². The molecular weight excluding hydrogens is 360 g/mol. The number of hydrogen-bond acceptors (Lipinski definition) is 7. The molecule has 4 rings (SSSR count). The maximum absolute atomic E-state index is 12.4. The first-order valence-corrected chi connectivity index (χ1v) is 9.63. The highest BCUT2D eigenvalue weighted by molar-refractivity contribution is 5.96. The predicted octanol–water partition coefficient (Wildman–Crippen LogP) is 4.83. The molecule has 8 heteroatoms. The molecule has 28 heavy (non-hydrogen) atoms. The number of furan rings is 1. The Bertz CT molecular complexity index is 955. The molecule has 1 fully saturated rings. The van der Waals surface area contributed by atoms with E-state index in [1.165, 1.54) is 10.9 Å². The molecule has 0 saturated heterocycles. The summed E-state index contributed by atoms with van der Waals surface area (Å²) in [6, 6.07) is 5.01. The van der Waals surface area contributed by atoms with Crippen molar-refractivity contribution in [2.75, 3.05) is 0 Å². The standard InChI is InChI=1S/C20H22N4O4/c1-2-18(26)24-14(16-8-5-9-28-16)11-17(23-24)21-22-19-15(25)10-12-6-3-4-7-13(12)20(19)27/h5,8-9,11-13,27H,2-4,6-7,10H2,1H3. The van der Waals surface area contributed by atoms with Gasteiger partial charge in [0.1, 0.15) is 11.5 Å². The number of azo groups is 1. The van der Waals surface area contributed by atoms with Crippen LogP contribution in [0.3, 0.4) is 0 Å². The number of carbonyl (C=O) groups excluding carboxylic acids is 2. The third kappa shape index (κ3) is 3.30. The molecule has 0 spiro atoms. The van der Waals surface area contributed by atoms with Crippen molar-refractivity contribution < 1.29 is 19.1 Å². The maximum atomic E-state index is 12.4. The number of Topliss-reactive ketones (excluding diaryl/α,β-unsaturated/α-hetero) is 1. The van der Waals surface area contributed by atoms with E-state index < -0.39 is 0 Å². The van der Waals surface area contributed by atoms with Crippen LogP contribution in [0.4, 0.5) is 5.82 Å². The van der Waals surface area contributed by atoms with Crippen molar-refractivity contribution in [3.8, 4) is 11.5 Å². The number of aromatic nitrogens is 2. The van der Waals surface area contributed by atoms with Crippen LogP contribution in [0.5, 0.6) is 0 Å². The molecule has 2 atom stereocenters. The highest BCUT2D eigenvalue weighted by atomic mass is 16.3. The Hall–Kier alpha value is -3.03. The van der Waals surface area contributed by atoms with Gasteiger partial charge in [0.05, 0.1) is 6.26 Å². The second-order valence-electron chi connectivity index (χ2n) is 7.24. The van der Waals surface area contributed by atoms with Crippen LogP contribution in [0.15, 0.2) is 50.6 Å². The molecule has 1 saturated carbocycles. The average molecular weight is 382 g/mol. The second-order valence-corrected chi connectivity index (χ2v) is 7.24. The van der Waals surface area contributed by atoms with E-state index in [1.54, 1.807) is 25.1 Å². The first-order chi connectivity index (χ1) is 13.6. The van der Waals surface area contributed by atoms with Gasteiger partial charge in [-0.05, 0) is 30.9 Å². The van der Waals surface area contributed by atoms with E-state index in [4.69, 9.17) is 4.42 Å². The van der Waals surface area contributed by atoms with Crippen molar-refractivity contribution in [2.45, 2.75) is 45.4 Å². The van der Waals surface area contributed by atoms with Gasteiger partial charge in [-0.15, -0.1) is 15.3 Å². The Morgan fingerprint density at radius 1 is 1.36 bits per heavy atom. The fourth-order valence-corrected chi connectivity index (χ4v) is 4.03. The third-order valence-corrected chi connectivity index (χ3v) is 5.48. The second kappa shape index (κ2) is 7.53. The maximum Gasteiger partial charge on any atom is 0.247 e. The number of rotatable bonds is 4. The molecule has 1 N–H and O–H groups in total. The summed E-state index contributed by atoms with van der Waals surface area (Å²) in [7, 11) is 0. The number of hydrogen-bond donors (Lipinski definition) is 1. The van der Waals surface area contributed by atoms with Crippen LogP contribution < -0.4 is 0 Å². The molecule has 2 aliphatic carbocycles. The Morgan fingerprint density at radius 3 is 2.93 bits per heavy atom. The van der Waals surface area contributed by atoms with E-state index in [9.17, 15) is 14.7 Å². The molecule has 2 aromatic rings. The Balaban J connectivity index is 1.66. The summed E-state index contributed by atoms with van der Waals surface area (Å²) < 4.78 is 6.59. The quantitative estimate of drug-likeness (QED) is 0.762. The molecule has 2 unspecified atom stereocenters. The lowest BCUT2D eigenvalue weighted by Gasteiger charge is -2.34. The molecular formula is C20H22N4O4. The normalized spacial score (nSPS) is 22.7. The molecule has 146 valence electrons. The van der Waals surface area contributed by atoms with Crippen molar-refractivity contribution in [1.82, 2.24) is 9.78 Å². The van der Waals surface area contributed by atoms with Gasteiger partial charge in [0.15, 0.2) is 23.1 Å². The van der Waals surface area contributed by atoms with Gasteiger partial charge in [0, 0.05) is 24.8 Å². The smallest absolute Gasteiger partial charge is 0.247 e. The summed E-state index contributed by atoms with van der Waals surface area (Å²) in [5.74, 6) is 0.475. The zero-order valence-electron chi connectivity index (χ0n) is 15.7. The lowest BCUT2D eigenvalue weighted by Crippen LogP contribution is -2.30. The first-order valence-electron chi connectivity index (χ1n) is 9.63. The van der Waals surface area contributed by atoms with Gasteiger partial charge in [-0.3, -0.25) is 9.59 Å². The Morgan fingerprint density at radius 2 is 2.18 bits per heavy atom. The van der Waals surface area contributed by atoms with Crippen molar-refractivity contribution in [2.24, 2.45) is 22.1 Å². The van der Waals surface area contributed by atoms with E-state index in [-0.39, 0.29) is 47.2 Å². The molecule has 0 amide bonds. The molecule has 0 aliphatic heterocycles. The van der Waals surface area contributed by atoms with Crippen molar-refractivity contribution in [1.29, 1.82) is 0 Å². The van der Waals surface area contributed by atoms with Crippen molar-refractivity contribution in [3.63, 3.8) is 0 Å². The lowest BCUT2D eigenvalue weighted by atomic mass is 9.72. The van der Waals surface area contributed by atoms with Crippen LogP contribution >= 0.6 is 0 Å². The Labute approximate surface area is 161 Å². The zero-order chi connectivity index (χ0) is 19.7. The summed E-state index contributed by atoms with van der Waals surface area (Å²) in [5.41, 5.74) is 0.477. The van der Waals surface area contributed by atoms with Crippen LogP contribution in [0, 0.1) is 11.8 Å². The largest absolute Gasteiger partial charge is 0.510 e. The zero-order valence-corrected chi connectivity index (χ0v) is 15.7. The van der Waals surface area contributed by atoms with Crippen LogP contribution in [-0.2, 0) is 4.79 Å². The minimum Gasteiger partial charge on any atom is -0.510 e. The third-order valence-electron chi connectivity index (χ3n) is 5.48. The molecule has 0 bridgehead atoms. The molecule has 0 aromatic carbocycles. The van der Waals surface area contributed by atoms with E-state index in [2.05, 4.69) is 15.3 Å². The molecule has 2 aromatic heterocycles. The molecule has 2 aliphatic rings. The van der Waals surface area contributed by atoms with Crippen molar-refractivity contribution in [3.05, 3.63) is 35.9 Å². The first kappa shape index (κ1) is 18.3. The number of allylic oxidation sites excluding steroid dienone is 2. The summed E-state index contributed by atoms with van der Waals surface area (Å²) >= 11 is 0. The molecule has 8 nitrogen and oxygen atoms in total. The van der Waals surface area contributed by atoms with Crippen LogP contribution in [0.2, 0.25) is 0 Å². The SMILES string of the molecule is CCC(=O)n1nc(N=NC2=C(O)C3CCCCC3CC2=O)cc1-c1ccco1. The van der Waals surface area contributed by atoms with Gasteiger partial charge < -0.3 is 9.52 Å². The summed E-state index contributed by atoms with van der Waals surface area (Å²) in [6.45, 7) is 1.74. The van der Waals surface area contributed by atoms with Crippen LogP contribution in [0.25, 0.3) is 11.5 Å². The predicted molar refractivity (Wildman–Crippen MR) is 100 cm³/mol. The molecule has 2 heterocycles. The lowest BCUT2D eigenvalue weighted by molar-refractivity contribution is -0.118. The van der Waals surface area contributed by atoms with E-state index in [0.717, 1.165) is 25.7 Å². The number of aliphatic hydroxyl groups excluding tert-OH is 1. The number of carbonyl (C=O) groups is 2. The molecule has 0 radical (unpaired) electrons. The number of ketones is 1. The van der Waals surface area contributed by atoms with Gasteiger partial charge in [0.25, 0.3) is 0 Å². The highest BCUT2D eigenvalue weighted by Crippen LogP contribution is 2.41. The summed E-state index contributed by atoms with van der Waals surface area (Å²) in [4.78, 5) is 24.6. The van der Waals surface area contributed by atoms with Gasteiger partial charge in [-0.25, -0.2) is 0 Å². The van der Waals surface area contributed by atoms with Gasteiger partial charge in [-0.1, -0.05) is 19.8 Å².